The monoisotopic (exact) mass is 361 g/mol. The predicted octanol–water partition coefficient (Wildman–Crippen LogP) is 1.72. The average molecular weight is 361 g/mol. The minimum Gasteiger partial charge on any atom is -0.366 e. The average Bonchev–Trinajstić information content (AvgIpc) is 2.54. The molecule has 0 radical (unpaired) electrons. The Labute approximate surface area is 146 Å². The van der Waals surface area contributed by atoms with Crippen molar-refractivity contribution < 1.29 is 18.0 Å². The van der Waals surface area contributed by atoms with Crippen LogP contribution in [0.2, 0.25) is 0 Å². The lowest BCUT2D eigenvalue weighted by atomic mass is 10.1. The van der Waals surface area contributed by atoms with Gasteiger partial charge in [0, 0.05) is 11.6 Å². The van der Waals surface area contributed by atoms with Crippen LogP contribution in [0.1, 0.15) is 34.6 Å². The van der Waals surface area contributed by atoms with Crippen molar-refractivity contribution in [3.8, 4) is 0 Å². The first-order chi connectivity index (χ1) is 11.7. The number of para-hydroxylation sites is 1. The number of carbonyl (C=O) groups is 2. The van der Waals surface area contributed by atoms with Crippen molar-refractivity contribution >= 4 is 27.5 Å². The molecule has 0 atom stereocenters. The van der Waals surface area contributed by atoms with Crippen LogP contribution in [0.4, 0.5) is 5.69 Å². The highest BCUT2D eigenvalue weighted by Crippen LogP contribution is 2.17. The molecule has 0 aliphatic heterocycles. The van der Waals surface area contributed by atoms with Crippen LogP contribution < -0.4 is 15.8 Å². The molecule has 0 saturated carbocycles. The standard InChI is InChI=1S/C17H19N3O4S/c1-11(2)20-25(23,24)13-9-7-12(8-10-13)17(22)19-15-6-4-3-5-14(15)16(18)21/h3-11,20H,1-2H3,(H2,18,21)(H,19,22). The van der Waals surface area contributed by atoms with Crippen LogP contribution in [0.5, 0.6) is 0 Å². The molecule has 2 amide bonds. The molecule has 7 nitrogen and oxygen atoms in total. The third-order valence-corrected chi connectivity index (χ3v) is 4.93. The van der Waals surface area contributed by atoms with Crippen LogP contribution in [-0.4, -0.2) is 26.3 Å². The molecule has 0 saturated heterocycles. The fraction of sp³-hybridized carbons (Fsp3) is 0.176. The van der Waals surface area contributed by atoms with E-state index >= 15 is 0 Å². The number of sulfonamides is 1. The van der Waals surface area contributed by atoms with E-state index in [-0.39, 0.29) is 27.8 Å². The summed E-state index contributed by atoms with van der Waals surface area (Å²) >= 11 is 0. The molecule has 0 bridgehead atoms. The van der Waals surface area contributed by atoms with Crippen LogP contribution in [0.3, 0.4) is 0 Å². The first-order valence-corrected chi connectivity index (χ1v) is 9.01. The van der Waals surface area contributed by atoms with E-state index < -0.39 is 21.8 Å². The highest BCUT2D eigenvalue weighted by atomic mass is 32.2. The summed E-state index contributed by atoms with van der Waals surface area (Å²) in [5.74, 6) is -1.13. The van der Waals surface area contributed by atoms with E-state index in [4.69, 9.17) is 5.73 Å². The van der Waals surface area contributed by atoms with Crippen LogP contribution in [0.15, 0.2) is 53.4 Å². The lowest BCUT2D eigenvalue weighted by Gasteiger charge is -2.11. The van der Waals surface area contributed by atoms with Crippen molar-refractivity contribution in [3.05, 3.63) is 59.7 Å². The second kappa shape index (κ2) is 7.45. The van der Waals surface area contributed by atoms with E-state index in [0.29, 0.717) is 0 Å². The van der Waals surface area contributed by atoms with Crippen molar-refractivity contribution in [1.29, 1.82) is 0 Å². The third kappa shape index (κ3) is 4.65. The summed E-state index contributed by atoms with van der Waals surface area (Å²) in [6.45, 7) is 3.44. The molecule has 2 rings (SSSR count). The van der Waals surface area contributed by atoms with Crippen molar-refractivity contribution in [2.75, 3.05) is 5.32 Å². The number of nitrogens with one attached hydrogen (secondary N) is 2. The Kier molecular flexibility index (Phi) is 5.55. The molecular weight excluding hydrogens is 342 g/mol. The topological polar surface area (TPSA) is 118 Å². The normalized spacial score (nSPS) is 11.3. The number of anilines is 1. The minimum atomic E-state index is -3.62. The number of hydrogen-bond donors (Lipinski definition) is 3. The van der Waals surface area contributed by atoms with Gasteiger partial charge < -0.3 is 11.1 Å². The third-order valence-electron chi connectivity index (χ3n) is 3.26. The van der Waals surface area contributed by atoms with Crippen LogP contribution in [0.25, 0.3) is 0 Å². The Morgan fingerprint density at radius 1 is 1.00 bits per heavy atom. The molecule has 0 aliphatic rings. The Morgan fingerprint density at radius 2 is 1.60 bits per heavy atom. The lowest BCUT2D eigenvalue weighted by Crippen LogP contribution is -2.30. The molecule has 0 fully saturated rings. The Morgan fingerprint density at radius 3 is 2.16 bits per heavy atom. The zero-order valence-corrected chi connectivity index (χ0v) is 14.6. The second-order valence-corrected chi connectivity index (χ2v) is 7.38. The summed E-state index contributed by atoms with van der Waals surface area (Å²) < 4.78 is 26.6. The predicted molar refractivity (Wildman–Crippen MR) is 94.8 cm³/mol. The van der Waals surface area contributed by atoms with E-state index in [2.05, 4.69) is 10.0 Å². The fourth-order valence-electron chi connectivity index (χ4n) is 2.17. The van der Waals surface area contributed by atoms with E-state index in [1.165, 1.54) is 30.3 Å². The summed E-state index contributed by atoms with van der Waals surface area (Å²) in [6.07, 6.45) is 0. The maximum absolute atomic E-state index is 12.3. The molecule has 8 heteroatoms. The molecule has 25 heavy (non-hydrogen) atoms. The summed E-state index contributed by atoms with van der Waals surface area (Å²) in [7, 11) is -3.62. The molecular formula is C17H19N3O4S. The number of amides is 2. The van der Waals surface area contributed by atoms with Gasteiger partial charge in [0.05, 0.1) is 16.1 Å². The number of nitrogens with two attached hydrogens (primary N) is 1. The molecule has 0 spiro atoms. The summed E-state index contributed by atoms with van der Waals surface area (Å²) in [6, 6.07) is 11.6. The fourth-order valence-corrected chi connectivity index (χ4v) is 3.42. The smallest absolute Gasteiger partial charge is 0.255 e. The highest BCUT2D eigenvalue weighted by molar-refractivity contribution is 7.89. The summed E-state index contributed by atoms with van der Waals surface area (Å²) in [5, 5.41) is 2.59. The Bertz CT molecular complexity index is 890. The molecule has 0 aliphatic carbocycles. The number of hydrogen-bond acceptors (Lipinski definition) is 4. The molecule has 0 heterocycles. The van der Waals surface area contributed by atoms with Gasteiger partial charge in [-0.25, -0.2) is 13.1 Å². The van der Waals surface area contributed by atoms with Crippen LogP contribution in [0, 0.1) is 0 Å². The Hall–Kier alpha value is -2.71. The number of primary amides is 1. The van der Waals surface area contributed by atoms with E-state index in [1.807, 2.05) is 0 Å². The van der Waals surface area contributed by atoms with E-state index in [1.54, 1.807) is 32.0 Å². The van der Waals surface area contributed by atoms with Gasteiger partial charge in [0.2, 0.25) is 10.0 Å². The van der Waals surface area contributed by atoms with Crippen LogP contribution >= 0.6 is 0 Å². The quantitative estimate of drug-likeness (QED) is 0.726. The zero-order valence-electron chi connectivity index (χ0n) is 13.8. The van der Waals surface area contributed by atoms with Crippen molar-refractivity contribution in [2.24, 2.45) is 5.73 Å². The van der Waals surface area contributed by atoms with Gasteiger partial charge in [-0.3, -0.25) is 9.59 Å². The number of carbonyl (C=O) groups excluding carboxylic acids is 2. The van der Waals surface area contributed by atoms with Gasteiger partial charge in [0.15, 0.2) is 0 Å². The lowest BCUT2D eigenvalue weighted by molar-refractivity contribution is 0.100. The largest absolute Gasteiger partial charge is 0.366 e. The Balaban J connectivity index is 2.21. The molecule has 2 aromatic rings. The van der Waals surface area contributed by atoms with Gasteiger partial charge in [-0.2, -0.15) is 0 Å². The van der Waals surface area contributed by atoms with Gasteiger partial charge in [-0.15, -0.1) is 0 Å². The summed E-state index contributed by atoms with van der Waals surface area (Å²) in [5.41, 5.74) is 6.01. The summed E-state index contributed by atoms with van der Waals surface area (Å²) in [4.78, 5) is 23.7. The maximum Gasteiger partial charge on any atom is 0.255 e. The van der Waals surface area contributed by atoms with E-state index in [9.17, 15) is 18.0 Å². The van der Waals surface area contributed by atoms with Crippen LogP contribution in [-0.2, 0) is 10.0 Å². The molecule has 132 valence electrons. The molecule has 0 aromatic heterocycles. The highest BCUT2D eigenvalue weighted by Gasteiger charge is 2.17. The first kappa shape index (κ1) is 18.6. The van der Waals surface area contributed by atoms with E-state index in [0.717, 1.165) is 0 Å². The van der Waals surface area contributed by atoms with Crippen molar-refractivity contribution in [3.63, 3.8) is 0 Å². The van der Waals surface area contributed by atoms with Gasteiger partial charge >= 0.3 is 0 Å². The van der Waals surface area contributed by atoms with Gasteiger partial charge in [-0.05, 0) is 50.2 Å². The van der Waals surface area contributed by atoms with Gasteiger partial charge in [-0.1, -0.05) is 12.1 Å². The SMILES string of the molecule is CC(C)NS(=O)(=O)c1ccc(C(=O)Nc2ccccc2C(N)=O)cc1. The number of benzene rings is 2. The molecule has 2 aromatic carbocycles. The minimum absolute atomic E-state index is 0.0651. The van der Waals surface area contributed by atoms with Gasteiger partial charge in [0.25, 0.3) is 11.8 Å². The van der Waals surface area contributed by atoms with Gasteiger partial charge in [0.1, 0.15) is 0 Å². The number of rotatable bonds is 6. The first-order valence-electron chi connectivity index (χ1n) is 7.53. The second-order valence-electron chi connectivity index (χ2n) is 5.66. The van der Waals surface area contributed by atoms with Crippen molar-refractivity contribution in [2.45, 2.75) is 24.8 Å². The zero-order chi connectivity index (χ0) is 18.6. The molecule has 4 N–H and O–H groups in total. The van der Waals surface area contributed by atoms with Crippen molar-refractivity contribution in [1.82, 2.24) is 4.72 Å². The maximum atomic E-state index is 12.3. The molecule has 0 unspecified atom stereocenters.